The molecule has 0 saturated carbocycles. The van der Waals surface area contributed by atoms with Gasteiger partial charge in [0.05, 0.1) is 13.1 Å². The maximum Gasteiger partial charge on any atom is 0.514 e. The fourth-order valence-electron chi connectivity index (χ4n) is 2.09. The summed E-state index contributed by atoms with van der Waals surface area (Å²) in [5, 5.41) is 9.39. The van der Waals surface area contributed by atoms with E-state index in [0.717, 1.165) is 12.8 Å². The van der Waals surface area contributed by atoms with Crippen LogP contribution in [0.2, 0.25) is 0 Å². The largest absolute Gasteiger partial charge is 0.514 e. The zero-order chi connectivity index (χ0) is 10.8. The van der Waals surface area contributed by atoms with E-state index in [-0.39, 0.29) is 10.0 Å². The third-order valence-corrected chi connectivity index (χ3v) is 3.17. The average Bonchev–Trinajstić information content (AvgIpc) is 2.26. The van der Waals surface area contributed by atoms with Crippen LogP contribution in [0.25, 0.3) is 0 Å². The Kier molecular flexibility index (Phi) is 3.00. The van der Waals surface area contributed by atoms with Crippen molar-refractivity contribution in [1.29, 1.82) is 0 Å². The van der Waals surface area contributed by atoms with Gasteiger partial charge in [0, 0.05) is 12.8 Å². The standard InChI is InChI=1S/C11H19NO2/c1-11(2,3)12(10(13)14)8-6-4-5-7-9-12/h4-5H,6-9H2,1-3H3/p+1. The van der Waals surface area contributed by atoms with Crippen molar-refractivity contribution in [1.82, 2.24) is 0 Å². The van der Waals surface area contributed by atoms with E-state index in [9.17, 15) is 9.90 Å². The van der Waals surface area contributed by atoms with Crippen LogP contribution in [0.15, 0.2) is 12.2 Å². The van der Waals surface area contributed by atoms with E-state index in [0.29, 0.717) is 13.1 Å². The van der Waals surface area contributed by atoms with Gasteiger partial charge in [0.1, 0.15) is 5.54 Å². The summed E-state index contributed by atoms with van der Waals surface area (Å²) < 4.78 is 0.181. The first-order valence-corrected chi connectivity index (χ1v) is 5.16. The Morgan fingerprint density at radius 2 is 1.64 bits per heavy atom. The molecule has 0 aliphatic carbocycles. The zero-order valence-corrected chi connectivity index (χ0v) is 9.29. The summed E-state index contributed by atoms with van der Waals surface area (Å²) in [5.41, 5.74) is -0.224. The molecule has 0 radical (unpaired) electrons. The van der Waals surface area contributed by atoms with Crippen LogP contribution < -0.4 is 0 Å². The fourth-order valence-corrected chi connectivity index (χ4v) is 2.09. The third kappa shape index (κ3) is 1.82. The van der Waals surface area contributed by atoms with Crippen molar-refractivity contribution >= 4 is 6.09 Å². The van der Waals surface area contributed by atoms with Crippen molar-refractivity contribution in [2.75, 3.05) is 13.1 Å². The number of amides is 1. The van der Waals surface area contributed by atoms with Gasteiger partial charge in [-0.25, -0.2) is 4.48 Å². The van der Waals surface area contributed by atoms with E-state index in [2.05, 4.69) is 12.2 Å². The molecule has 0 aromatic heterocycles. The Morgan fingerprint density at radius 3 is 1.93 bits per heavy atom. The highest BCUT2D eigenvalue weighted by atomic mass is 16.4. The van der Waals surface area contributed by atoms with Crippen molar-refractivity contribution < 1.29 is 14.4 Å². The average molecular weight is 198 g/mol. The van der Waals surface area contributed by atoms with Gasteiger partial charge in [-0.15, -0.1) is 0 Å². The van der Waals surface area contributed by atoms with E-state index in [4.69, 9.17) is 0 Å². The number of carboxylic acid groups (broad SMARTS) is 1. The Bertz CT molecular complexity index is 241. The Balaban J connectivity index is 2.98. The van der Waals surface area contributed by atoms with Crippen molar-refractivity contribution in [3.05, 3.63) is 12.2 Å². The fraction of sp³-hybridized carbons (Fsp3) is 0.727. The molecule has 14 heavy (non-hydrogen) atoms. The molecule has 1 heterocycles. The van der Waals surface area contributed by atoms with Gasteiger partial charge in [0.25, 0.3) is 0 Å². The van der Waals surface area contributed by atoms with Gasteiger partial charge < -0.3 is 5.11 Å². The molecule has 3 heteroatoms. The van der Waals surface area contributed by atoms with E-state index >= 15 is 0 Å². The molecule has 0 atom stereocenters. The first kappa shape index (κ1) is 11.2. The third-order valence-electron chi connectivity index (χ3n) is 3.17. The number of rotatable bonds is 0. The highest BCUT2D eigenvalue weighted by molar-refractivity contribution is 5.57. The second kappa shape index (κ2) is 3.73. The minimum Gasteiger partial charge on any atom is -0.435 e. The SMILES string of the molecule is CC(C)(C)[N+]1(C(=O)O)CCC=CCC1. The monoisotopic (exact) mass is 198 g/mol. The maximum absolute atomic E-state index is 11.4. The van der Waals surface area contributed by atoms with E-state index in [1.54, 1.807) is 0 Å². The molecule has 0 spiro atoms. The molecule has 0 saturated heterocycles. The minimum atomic E-state index is -0.693. The lowest BCUT2D eigenvalue weighted by atomic mass is 10.0. The molecule has 80 valence electrons. The van der Waals surface area contributed by atoms with Crippen molar-refractivity contribution in [2.24, 2.45) is 0 Å². The molecule has 0 fully saturated rings. The molecular formula is C11H20NO2+. The Morgan fingerprint density at radius 1 is 1.21 bits per heavy atom. The predicted molar refractivity (Wildman–Crippen MR) is 56.1 cm³/mol. The van der Waals surface area contributed by atoms with Crippen LogP contribution in [0.4, 0.5) is 4.79 Å². The van der Waals surface area contributed by atoms with E-state index in [1.165, 1.54) is 0 Å². The lowest BCUT2D eigenvalue weighted by molar-refractivity contribution is -0.902. The molecule has 0 aromatic rings. The summed E-state index contributed by atoms with van der Waals surface area (Å²) in [6, 6.07) is 0. The number of quaternary nitrogens is 1. The second-order valence-electron chi connectivity index (χ2n) is 4.92. The summed E-state index contributed by atoms with van der Waals surface area (Å²) >= 11 is 0. The summed E-state index contributed by atoms with van der Waals surface area (Å²) in [6.07, 6.45) is 5.22. The lowest BCUT2D eigenvalue weighted by Gasteiger charge is -2.42. The smallest absolute Gasteiger partial charge is 0.435 e. The molecule has 1 amide bonds. The molecule has 0 aromatic carbocycles. The van der Waals surface area contributed by atoms with Gasteiger partial charge in [0.2, 0.25) is 0 Å². The molecule has 3 nitrogen and oxygen atoms in total. The lowest BCUT2D eigenvalue weighted by Crippen LogP contribution is -2.63. The van der Waals surface area contributed by atoms with Crippen LogP contribution in [0.5, 0.6) is 0 Å². The van der Waals surface area contributed by atoms with Crippen LogP contribution in [0.3, 0.4) is 0 Å². The van der Waals surface area contributed by atoms with Gasteiger partial charge in [-0.3, -0.25) is 0 Å². The molecule has 0 bridgehead atoms. The molecule has 1 aliphatic heterocycles. The Labute approximate surface area is 85.6 Å². The topological polar surface area (TPSA) is 37.3 Å². The second-order valence-corrected chi connectivity index (χ2v) is 4.92. The van der Waals surface area contributed by atoms with Gasteiger partial charge in [0.15, 0.2) is 0 Å². The first-order chi connectivity index (χ1) is 6.40. The van der Waals surface area contributed by atoms with Gasteiger partial charge in [-0.05, 0) is 20.8 Å². The van der Waals surface area contributed by atoms with E-state index in [1.807, 2.05) is 20.8 Å². The zero-order valence-electron chi connectivity index (χ0n) is 9.29. The minimum absolute atomic E-state index is 0.181. The van der Waals surface area contributed by atoms with Gasteiger partial charge in [-0.2, -0.15) is 4.79 Å². The van der Waals surface area contributed by atoms with Crippen LogP contribution in [0, 0.1) is 0 Å². The molecule has 1 aliphatic rings. The molecule has 0 unspecified atom stereocenters. The summed E-state index contributed by atoms with van der Waals surface area (Å²) in [7, 11) is 0. The number of hydrogen-bond acceptors (Lipinski definition) is 1. The number of hydrogen-bond donors (Lipinski definition) is 1. The number of nitrogens with zero attached hydrogens (tertiary/aromatic N) is 1. The van der Waals surface area contributed by atoms with Crippen LogP contribution in [-0.4, -0.2) is 34.3 Å². The number of carbonyl (C=O) groups is 1. The van der Waals surface area contributed by atoms with Crippen molar-refractivity contribution in [3.8, 4) is 0 Å². The highest BCUT2D eigenvalue weighted by Crippen LogP contribution is 2.28. The van der Waals surface area contributed by atoms with E-state index < -0.39 is 6.09 Å². The van der Waals surface area contributed by atoms with Gasteiger partial charge >= 0.3 is 6.09 Å². The summed E-state index contributed by atoms with van der Waals surface area (Å²) in [4.78, 5) is 11.4. The summed E-state index contributed by atoms with van der Waals surface area (Å²) in [5.74, 6) is 0. The highest BCUT2D eigenvalue weighted by Gasteiger charge is 2.46. The maximum atomic E-state index is 11.4. The van der Waals surface area contributed by atoms with Crippen molar-refractivity contribution in [3.63, 3.8) is 0 Å². The van der Waals surface area contributed by atoms with Crippen molar-refractivity contribution in [2.45, 2.75) is 39.2 Å². The molecule has 1 N–H and O–H groups in total. The quantitative estimate of drug-likeness (QED) is 0.480. The Hall–Kier alpha value is -0.830. The first-order valence-electron chi connectivity index (χ1n) is 5.16. The van der Waals surface area contributed by atoms with Crippen LogP contribution >= 0.6 is 0 Å². The molecular weight excluding hydrogens is 178 g/mol. The molecule has 1 rings (SSSR count). The van der Waals surface area contributed by atoms with Crippen LogP contribution in [-0.2, 0) is 0 Å². The van der Waals surface area contributed by atoms with Gasteiger partial charge in [-0.1, -0.05) is 12.2 Å². The predicted octanol–water partition coefficient (Wildman–Crippen LogP) is 2.63. The normalized spacial score (nSPS) is 21.6. The summed E-state index contributed by atoms with van der Waals surface area (Å²) in [6.45, 7) is 7.43. The van der Waals surface area contributed by atoms with Crippen LogP contribution in [0.1, 0.15) is 33.6 Å².